The van der Waals surface area contributed by atoms with Crippen molar-refractivity contribution < 1.29 is 14.1 Å². The maximum atomic E-state index is 10.9. The molecule has 0 aliphatic heterocycles. The van der Waals surface area contributed by atoms with Crippen molar-refractivity contribution >= 4 is 6.29 Å². The number of hydrogen-bond acceptors (Lipinski definition) is 5. The molecule has 1 aromatic heterocycles. The second-order valence-electron chi connectivity index (χ2n) is 5.33. The molecular formula is C16H18N2O3. The molecule has 2 aromatic rings. The van der Waals surface area contributed by atoms with E-state index in [9.17, 15) is 4.79 Å². The highest BCUT2D eigenvalue weighted by Gasteiger charge is 2.21. The Morgan fingerprint density at radius 3 is 2.86 bits per heavy atom. The van der Waals surface area contributed by atoms with E-state index in [0.717, 1.165) is 25.0 Å². The Kier molecular flexibility index (Phi) is 4.28. The Morgan fingerprint density at radius 2 is 2.05 bits per heavy atom. The first kappa shape index (κ1) is 13.8. The van der Waals surface area contributed by atoms with Gasteiger partial charge in [-0.15, -0.1) is 0 Å². The number of para-hydroxylation sites is 1. The van der Waals surface area contributed by atoms with E-state index in [1.54, 1.807) is 18.2 Å². The predicted octanol–water partition coefficient (Wildman–Crippen LogP) is 3.51. The summed E-state index contributed by atoms with van der Waals surface area (Å²) in [7, 11) is 0. The van der Waals surface area contributed by atoms with Gasteiger partial charge >= 0.3 is 0 Å². The fourth-order valence-electron chi connectivity index (χ4n) is 2.70. The summed E-state index contributed by atoms with van der Waals surface area (Å²) in [5, 5.41) is 4.06. The van der Waals surface area contributed by atoms with Crippen LogP contribution in [0.1, 0.15) is 60.1 Å². The lowest BCUT2D eigenvalue weighted by molar-refractivity contribution is 0.111. The number of aldehydes is 1. The van der Waals surface area contributed by atoms with Gasteiger partial charge in [-0.1, -0.05) is 36.6 Å². The lowest BCUT2D eigenvalue weighted by atomic mass is 9.89. The lowest BCUT2D eigenvalue weighted by Crippen LogP contribution is -2.06. The van der Waals surface area contributed by atoms with Crippen LogP contribution in [0.5, 0.6) is 5.75 Å². The SMILES string of the molecule is O=Cc1ccccc1OCc1nc(C2CCCCC2)no1. The fraction of sp³-hybridized carbons (Fsp3) is 0.438. The van der Waals surface area contributed by atoms with Crippen LogP contribution in [-0.4, -0.2) is 16.4 Å². The van der Waals surface area contributed by atoms with Crippen LogP contribution in [0.15, 0.2) is 28.8 Å². The quantitative estimate of drug-likeness (QED) is 0.787. The van der Waals surface area contributed by atoms with Crippen molar-refractivity contribution in [2.24, 2.45) is 0 Å². The number of nitrogens with zero attached hydrogens (tertiary/aromatic N) is 2. The van der Waals surface area contributed by atoms with Gasteiger partial charge in [0.1, 0.15) is 5.75 Å². The van der Waals surface area contributed by atoms with Crippen LogP contribution in [0.4, 0.5) is 0 Å². The highest BCUT2D eigenvalue weighted by Crippen LogP contribution is 2.30. The summed E-state index contributed by atoms with van der Waals surface area (Å²) < 4.78 is 10.8. The van der Waals surface area contributed by atoms with Crippen molar-refractivity contribution in [3.8, 4) is 5.75 Å². The molecule has 3 rings (SSSR count). The summed E-state index contributed by atoms with van der Waals surface area (Å²) in [4.78, 5) is 15.3. The minimum absolute atomic E-state index is 0.185. The van der Waals surface area contributed by atoms with Crippen LogP contribution in [-0.2, 0) is 6.61 Å². The molecule has 1 heterocycles. The van der Waals surface area contributed by atoms with Gasteiger partial charge in [0.15, 0.2) is 18.7 Å². The zero-order chi connectivity index (χ0) is 14.5. The van der Waals surface area contributed by atoms with Gasteiger partial charge in [-0.2, -0.15) is 4.98 Å². The number of carbonyl (C=O) groups excluding carboxylic acids is 1. The monoisotopic (exact) mass is 286 g/mol. The zero-order valence-electron chi connectivity index (χ0n) is 11.8. The Hall–Kier alpha value is -2.17. The summed E-state index contributed by atoms with van der Waals surface area (Å²) in [6.45, 7) is 0.185. The minimum atomic E-state index is 0.185. The molecular weight excluding hydrogens is 268 g/mol. The third-order valence-corrected chi connectivity index (χ3v) is 3.85. The van der Waals surface area contributed by atoms with Gasteiger partial charge in [0.2, 0.25) is 0 Å². The summed E-state index contributed by atoms with van der Waals surface area (Å²) in [5.74, 6) is 2.19. The van der Waals surface area contributed by atoms with Gasteiger partial charge in [0, 0.05) is 5.92 Å². The van der Waals surface area contributed by atoms with Gasteiger partial charge in [-0.25, -0.2) is 0 Å². The minimum Gasteiger partial charge on any atom is -0.483 e. The summed E-state index contributed by atoms with van der Waals surface area (Å²) >= 11 is 0. The molecule has 110 valence electrons. The Morgan fingerprint density at radius 1 is 1.24 bits per heavy atom. The van der Waals surface area contributed by atoms with Crippen LogP contribution < -0.4 is 4.74 Å². The molecule has 21 heavy (non-hydrogen) atoms. The van der Waals surface area contributed by atoms with Crippen LogP contribution >= 0.6 is 0 Å². The van der Waals surface area contributed by atoms with Crippen molar-refractivity contribution in [1.29, 1.82) is 0 Å². The highest BCUT2D eigenvalue weighted by molar-refractivity contribution is 5.79. The molecule has 1 aliphatic carbocycles. The van der Waals surface area contributed by atoms with E-state index in [0.29, 0.717) is 23.1 Å². The maximum absolute atomic E-state index is 10.9. The summed E-state index contributed by atoms with van der Waals surface area (Å²) in [5.41, 5.74) is 0.518. The highest BCUT2D eigenvalue weighted by atomic mass is 16.5. The molecule has 5 nitrogen and oxygen atoms in total. The van der Waals surface area contributed by atoms with E-state index < -0.39 is 0 Å². The van der Waals surface area contributed by atoms with E-state index in [4.69, 9.17) is 9.26 Å². The molecule has 0 amide bonds. The van der Waals surface area contributed by atoms with Crippen molar-refractivity contribution in [2.75, 3.05) is 0 Å². The largest absolute Gasteiger partial charge is 0.483 e. The van der Waals surface area contributed by atoms with Gasteiger partial charge in [0.25, 0.3) is 5.89 Å². The van der Waals surface area contributed by atoms with E-state index in [-0.39, 0.29) is 6.61 Å². The third kappa shape index (κ3) is 3.29. The van der Waals surface area contributed by atoms with Crippen LogP contribution in [0.2, 0.25) is 0 Å². The number of ether oxygens (including phenoxy) is 1. The molecule has 5 heteroatoms. The standard InChI is InChI=1S/C16H18N2O3/c19-10-13-8-4-5-9-14(13)20-11-15-17-16(18-21-15)12-6-2-1-3-7-12/h4-5,8-10,12H,1-3,6-7,11H2. The molecule has 0 bridgehead atoms. The summed E-state index contributed by atoms with van der Waals surface area (Å²) in [6.07, 6.45) is 6.81. The first-order chi connectivity index (χ1) is 10.4. The smallest absolute Gasteiger partial charge is 0.264 e. The number of rotatable bonds is 5. The van der Waals surface area contributed by atoms with E-state index in [1.165, 1.54) is 19.3 Å². The van der Waals surface area contributed by atoms with Crippen molar-refractivity contribution in [3.63, 3.8) is 0 Å². The molecule has 1 aromatic carbocycles. The van der Waals surface area contributed by atoms with Crippen LogP contribution in [0.3, 0.4) is 0 Å². The molecule has 0 radical (unpaired) electrons. The van der Waals surface area contributed by atoms with Crippen molar-refractivity contribution in [3.05, 3.63) is 41.5 Å². The zero-order valence-corrected chi connectivity index (χ0v) is 11.8. The van der Waals surface area contributed by atoms with Gasteiger partial charge in [0.05, 0.1) is 5.56 Å². The Bertz CT molecular complexity index is 603. The molecule has 1 saturated carbocycles. The van der Waals surface area contributed by atoms with Crippen molar-refractivity contribution in [2.45, 2.75) is 44.6 Å². The molecule has 0 unspecified atom stereocenters. The predicted molar refractivity (Wildman–Crippen MR) is 76.3 cm³/mol. The first-order valence-electron chi connectivity index (χ1n) is 7.36. The number of aromatic nitrogens is 2. The molecule has 0 saturated heterocycles. The fourth-order valence-corrected chi connectivity index (χ4v) is 2.70. The normalized spacial score (nSPS) is 15.8. The molecule has 0 spiro atoms. The maximum Gasteiger partial charge on any atom is 0.264 e. The van der Waals surface area contributed by atoms with Crippen LogP contribution in [0, 0.1) is 0 Å². The Labute approximate surface area is 123 Å². The van der Waals surface area contributed by atoms with Gasteiger partial charge in [-0.05, 0) is 25.0 Å². The van der Waals surface area contributed by atoms with Gasteiger partial charge in [-0.3, -0.25) is 4.79 Å². The second-order valence-corrected chi connectivity index (χ2v) is 5.33. The molecule has 0 N–H and O–H groups in total. The Balaban J connectivity index is 1.63. The van der Waals surface area contributed by atoms with E-state index in [1.807, 2.05) is 6.07 Å². The number of benzene rings is 1. The molecule has 1 fully saturated rings. The number of carbonyl (C=O) groups is 1. The first-order valence-corrected chi connectivity index (χ1v) is 7.36. The third-order valence-electron chi connectivity index (χ3n) is 3.85. The topological polar surface area (TPSA) is 65.2 Å². The average molecular weight is 286 g/mol. The number of hydrogen-bond donors (Lipinski definition) is 0. The second kappa shape index (κ2) is 6.52. The molecule has 1 aliphatic rings. The molecule has 0 atom stereocenters. The lowest BCUT2D eigenvalue weighted by Gasteiger charge is -2.17. The summed E-state index contributed by atoms with van der Waals surface area (Å²) in [6, 6.07) is 7.08. The van der Waals surface area contributed by atoms with E-state index >= 15 is 0 Å². The van der Waals surface area contributed by atoms with Crippen LogP contribution in [0.25, 0.3) is 0 Å². The van der Waals surface area contributed by atoms with Crippen molar-refractivity contribution in [1.82, 2.24) is 10.1 Å². The average Bonchev–Trinajstić information content (AvgIpc) is 3.03. The van der Waals surface area contributed by atoms with E-state index in [2.05, 4.69) is 10.1 Å². The van der Waals surface area contributed by atoms with Gasteiger partial charge < -0.3 is 9.26 Å².